The van der Waals surface area contributed by atoms with E-state index in [1.54, 1.807) is 36.4 Å². The van der Waals surface area contributed by atoms with Crippen molar-refractivity contribution in [1.29, 1.82) is 0 Å². The lowest BCUT2D eigenvalue weighted by atomic mass is 10.1. The number of carbonyl (C=O) groups is 2. The monoisotopic (exact) mass is 288 g/mol. The molecule has 1 aromatic carbocycles. The highest BCUT2D eigenvalue weighted by atomic mass is 16.3. The summed E-state index contributed by atoms with van der Waals surface area (Å²) >= 11 is 0. The summed E-state index contributed by atoms with van der Waals surface area (Å²) in [7, 11) is 0. The number of hydrogen-bond acceptors (Lipinski definition) is 4. The maximum atomic E-state index is 11.6. The summed E-state index contributed by atoms with van der Waals surface area (Å²) in [4.78, 5) is 23.1. The molecule has 0 aliphatic carbocycles. The SMILES string of the molecule is O=C(NCc1ccco1)C(=O)NC[C@H](O)c1ccccc1. The van der Waals surface area contributed by atoms with Crippen molar-refractivity contribution in [1.82, 2.24) is 10.6 Å². The topological polar surface area (TPSA) is 91.6 Å². The van der Waals surface area contributed by atoms with Crippen LogP contribution in [0.25, 0.3) is 0 Å². The number of aliphatic hydroxyl groups is 1. The van der Waals surface area contributed by atoms with Gasteiger partial charge in [0.2, 0.25) is 0 Å². The van der Waals surface area contributed by atoms with Gasteiger partial charge in [-0.2, -0.15) is 0 Å². The number of benzene rings is 1. The van der Waals surface area contributed by atoms with Crippen LogP contribution in [0.4, 0.5) is 0 Å². The van der Waals surface area contributed by atoms with Crippen molar-refractivity contribution < 1.29 is 19.1 Å². The minimum atomic E-state index is -0.854. The predicted octanol–water partition coefficient (Wildman–Crippen LogP) is 0.746. The molecule has 0 saturated carbocycles. The van der Waals surface area contributed by atoms with Gasteiger partial charge in [-0.3, -0.25) is 9.59 Å². The molecule has 3 N–H and O–H groups in total. The first-order valence-electron chi connectivity index (χ1n) is 6.48. The maximum absolute atomic E-state index is 11.6. The first-order chi connectivity index (χ1) is 10.2. The number of carbonyl (C=O) groups excluding carboxylic acids is 2. The van der Waals surface area contributed by atoms with Gasteiger partial charge in [-0.05, 0) is 17.7 Å². The van der Waals surface area contributed by atoms with Crippen molar-refractivity contribution in [3.63, 3.8) is 0 Å². The van der Waals surface area contributed by atoms with Gasteiger partial charge in [0.05, 0.1) is 18.9 Å². The van der Waals surface area contributed by atoms with Crippen LogP contribution in [-0.2, 0) is 16.1 Å². The zero-order valence-corrected chi connectivity index (χ0v) is 11.3. The molecule has 1 aromatic heterocycles. The maximum Gasteiger partial charge on any atom is 0.309 e. The molecule has 6 nitrogen and oxygen atoms in total. The number of furan rings is 1. The quantitative estimate of drug-likeness (QED) is 0.708. The number of nitrogens with one attached hydrogen (secondary N) is 2. The average molecular weight is 288 g/mol. The number of rotatable bonds is 5. The van der Waals surface area contributed by atoms with Crippen molar-refractivity contribution in [3.8, 4) is 0 Å². The molecule has 0 saturated heterocycles. The molecule has 2 amide bonds. The van der Waals surface area contributed by atoms with Gasteiger partial charge in [0.1, 0.15) is 5.76 Å². The molecule has 0 bridgehead atoms. The fraction of sp³-hybridized carbons (Fsp3) is 0.200. The molecular weight excluding hydrogens is 272 g/mol. The molecule has 1 heterocycles. The van der Waals surface area contributed by atoms with Crippen LogP contribution in [0.3, 0.4) is 0 Å². The van der Waals surface area contributed by atoms with Gasteiger partial charge in [-0.1, -0.05) is 30.3 Å². The van der Waals surface area contributed by atoms with E-state index in [0.717, 1.165) is 0 Å². The Morgan fingerprint density at radius 3 is 2.43 bits per heavy atom. The Hall–Kier alpha value is -2.60. The van der Waals surface area contributed by atoms with Crippen molar-refractivity contribution >= 4 is 11.8 Å². The van der Waals surface area contributed by atoms with Gasteiger partial charge in [0, 0.05) is 6.54 Å². The summed E-state index contributed by atoms with van der Waals surface area (Å²) in [6.45, 7) is 0.109. The summed E-state index contributed by atoms with van der Waals surface area (Å²) in [6, 6.07) is 12.3. The van der Waals surface area contributed by atoms with Gasteiger partial charge in [0.25, 0.3) is 0 Å². The normalized spacial score (nSPS) is 11.7. The zero-order valence-electron chi connectivity index (χ0n) is 11.3. The molecule has 0 unspecified atom stereocenters. The number of amides is 2. The molecule has 0 aliphatic heterocycles. The van der Waals surface area contributed by atoms with E-state index in [4.69, 9.17) is 4.42 Å². The summed E-state index contributed by atoms with van der Waals surface area (Å²) < 4.78 is 5.03. The minimum Gasteiger partial charge on any atom is -0.467 e. The Labute approximate surface area is 121 Å². The van der Waals surface area contributed by atoms with Crippen LogP contribution in [0.2, 0.25) is 0 Å². The highest BCUT2D eigenvalue weighted by molar-refractivity contribution is 6.35. The summed E-state index contributed by atoms with van der Waals surface area (Å²) in [5, 5.41) is 14.7. The van der Waals surface area contributed by atoms with Gasteiger partial charge in [-0.15, -0.1) is 0 Å². The van der Waals surface area contributed by atoms with E-state index in [9.17, 15) is 14.7 Å². The van der Waals surface area contributed by atoms with Crippen molar-refractivity contribution in [2.75, 3.05) is 6.54 Å². The molecular formula is C15H16N2O4. The van der Waals surface area contributed by atoms with Crippen LogP contribution < -0.4 is 10.6 Å². The third-order valence-electron chi connectivity index (χ3n) is 2.85. The van der Waals surface area contributed by atoms with Crippen LogP contribution in [0.15, 0.2) is 53.1 Å². The van der Waals surface area contributed by atoms with E-state index in [0.29, 0.717) is 11.3 Å². The van der Waals surface area contributed by atoms with Crippen LogP contribution in [0.5, 0.6) is 0 Å². The second-order valence-corrected chi connectivity index (χ2v) is 4.40. The van der Waals surface area contributed by atoms with Crippen molar-refractivity contribution in [2.45, 2.75) is 12.6 Å². The third kappa shape index (κ3) is 4.47. The van der Waals surface area contributed by atoms with E-state index in [1.165, 1.54) is 6.26 Å². The van der Waals surface area contributed by atoms with Gasteiger partial charge < -0.3 is 20.2 Å². The highest BCUT2D eigenvalue weighted by Crippen LogP contribution is 2.10. The molecule has 0 radical (unpaired) electrons. The van der Waals surface area contributed by atoms with Crippen molar-refractivity contribution in [2.24, 2.45) is 0 Å². The van der Waals surface area contributed by atoms with Crippen LogP contribution in [-0.4, -0.2) is 23.5 Å². The lowest BCUT2D eigenvalue weighted by Crippen LogP contribution is -2.41. The number of aliphatic hydroxyl groups excluding tert-OH is 1. The molecule has 2 rings (SSSR count). The highest BCUT2D eigenvalue weighted by Gasteiger charge is 2.15. The molecule has 0 fully saturated rings. The third-order valence-corrected chi connectivity index (χ3v) is 2.85. The Kier molecular flexibility index (Phi) is 5.11. The summed E-state index contributed by atoms with van der Waals surface area (Å²) in [6.07, 6.45) is 0.630. The van der Waals surface area contributed by atoms with E-state index in [-0.39, 0.29) is 13.1 Å². The first-order valence-corrected chi connectivity index (χ1v) is 6.48. The van der Waals surface area contributed by atoms with Gasteiger partial charge >= 0.3 is 11.8 Å². The van der Waals surface area contributed by atoms with Crippen LogP contribution in [0.1, 0.15) is 17.4 Å². The fourth-order valence-corrected chi connectivity index (χ4v) is 1.72. The fourth-order valence-electron chi connectivity index (χ4n) is 1.72. The van der Waals surface area contributed by atoms with Crippen LogP contribution in [0, 0.1) is 0 Å². The minimum absolute atomic E-state index is 0.0307. The molecule has 0 spiro atoms. The molecule has 6 heteroatoms. The van der Waals surface area contributed by atoms with Crippen LogP contribution >= 0.6 is 0 Å². The second-order valence-electron chi connectivity index (χ2n) is 4.40. The van der Waals surface area contributed by atoms with E-state index in [1.807, 2.05) is 6.07 Å². The Balaban J connectivity index is 1.75. The second kappa shape index (κ2) is 7.25. The van der Waals surface area contributed by atoms with Gasteiger partial charge in [-0.25, -0.2) is 0 Å². The van der Waals surface area contributed by atoms with E-state index in [2.05, 4.69) is 10.6 Å². The molecule has 2 aromatic rings. The molecule has 1 atom stereocenters. The average Bonchev–Trinajstić information content (AvgIpc) is 3.04. The van der Waals surface area contributed by atoms with E-state index < -0.39 is 17.9 Å². The predicted molar refractivity (Wildman–Crippen MR) is 75.0 cm³/mol. The zero-order chi connectivity index (χ0) is 15.1. The Morgan fingerprint density at radius 2 is 1.76 bits per heavy atom. The molecule has 21 heavy (non-hydrogen) atoms. The Morgan fingerprint density at radius 1 is 1.05 bits per heavy atom. The molecule has 110 valence electrons. The van der Waals surface area contributed by atoms with E-state index >= 15 is 0 Å². The largest absolute Gasteiger partial charge is 0.467 e. The lowest BCUT2D eigenvalue weighted by molar-refractivity contribution is -0.139. The van der Waals surface area contributed by atoms with Gasteiger partial charge in [0.15, 0.2) is 0 Å². The number of hydrogen-bond donors (Lipinski definition) is 3. The first kappa shape index (κ1) is 14.8. The smallest absolute Gasteiger partial charge is 0.309 e. The summed E-state index contributed by atoms with van der Waals surface area (Å²) in [5.41, 5.74) is 0.675. The summed E-state index contributed by atoms with van der Waals surface area (Å²) in [5.74, 6) is -1.01. The standard InChI is InChI=1S/C15H16N2O4/c18-13(11-5-2-1-3-6-11)10-17-15(20)14(19)16-9-12-7-4-8-21-12/h1-8,13,18H,9-10H2,(H,16,19)(H,17,20)/t13-/m0/s1. The lowest BCUT2D eigenvalue weighted by Gasteiger charge is -2.11. The molecule has 0 aliphatic rings. The van der Waals surface area contributed by atoms with Crippen molar-refractivity contribution in [3.05, 3.63) is 60.1 Å². The Bertz CT molecular complexity index is 581.